The normalized spacial score (nSPS) is 14.4. The lowest BCUT2D eigenvalue weighted by atomic mass is 9.74. The second-order valence-corrected chi connectivity index (χ2v) is 30.9. The van der Waals surface area contributed by atoms with Crippen LogP contribution in [0.4, 0.5) is 0 Å². The fourth-order valence-electron chi connectivity index (χ4n) is 13.8. The van der Waals surface area contributed by atoms with Gasteiger partial charge in [-0.25, -0.2) is 28.8 Å². The number of esters is 6. The second-order valence-electron chi connectivity index (χ2n) is 30.9. The molecule has 6 N–H and O–H groups in total. The van der Waals surface area contributed by atoms with E-state index >= 15 is 0 Å². The first-order valence-corrected chi connectivity index (χ1v) is 40.5. The highest BCUT2D eigenvalue weighted by Gasteiger charge is 2.32. The van der Waals surface area contributed by atoms with Gasteiger partial charge in [0.25, 0.3) is 0 Å². The van der Waals surface area contributed by atoms with Crippen molar-refractivity contribution in [3.8, 4) is 45.6 Å². The van der Waals surface area contributed by atoms with E-state index in [0.29, 0.717) is 34.8 Å². The van der Waals surface area contributed by atoms with E-state index in [-0.39, 0.29) is 90.1 Å². The standard InChI is InChI=1S/C39H52O8.C30H38O8.C27H32O8/c1-5-37(42)46-25-31(40)23-44-35-19-17-29(21-33(35)27-13-9-7-10-14-27)39(3,4)30-18-20-36(34(22-30)28-15-11-8-12-16-28)45-24-32(41)26-47-38(43)6-2;1-9-27(33)35-13-23(31)15-37-29-17(3)11-25(19(5)21(29)7)26-12-18(4)30(22(8)20(26)6)38-16-24(32)14-36-28(34)10-2;1-5-25(30)34-17-21(28)15-32-23-11-7-19(8-12-23)27(3,4)20-9-13-24(14-10-20)33-16-22(29)18-35-26(31)6-2/h5-6,17-22,27-28,31-32,40-41H,1-2,7-16,23-26H2,3-4H3;9-12,23-24,31-32H,1-2,13-16H2,3-8H3;5-14,21-22,28-29H,1-2,15-18H2,3-4H3. The van der Waals surface area contributed by atoms with Gasteiger partial charge in [0.15, 0.2) is 0 Å². The summed E-state index contributed by atoms with van der Waals surface area (Å²) in [6.45, 7) is 39.5. The number of carbonyl (C=O) groups excluding carboxylic acids is 6. The summed E-state index contributed by atoms with van der Waals surface area (Å²) in [6.07, 6.45) is 12.1. The maximum atomic E-state index is 11.4. The zero-order chi connectivity index (χ0) is 88.2. The molecular weight excluding hydrogens is 1540 g/mol. The van der Waals surface area contributed by atoms with E-state index in [4.69, 9.17) is 56.8 Å². The van der Waals surface area contributed by atoms with Gasteiger partial charge in [0.05, 0.1) is 0 Å². The number of ether oxygens (including phenoxy) is 12. The van der Waals surface area contributed by atoms with E-state index in [1.165, 1.54) is 49.7 Å². The highest BCUT2D eigenvalue weighted by molar-refractivity contribution is 5.83. The van der Waals surface area contributed by atoms with Crippen LogP contribution in [0.15, 0.2) is 173 Å². The number of aryl methyl sites for hydroxylation is 2. The van der Waals surface area contributed by atoms with Crippen LogP contribution in [0.2, 0.25) is 0 Å². The molecule has 6 aromatic rings. The predicted molar refractivity (Wildman–Crippen MR) is 458 cm³/mol. The summed E-state index contributed by atoms with van der Waals surface area (Å²) in [4.78, 5) is 67.3. The van der Waals surface area contributed by atoms with E-state index in [1.807, 2.05) is 102 Å². The number of aliphatic hydroxyl groups is 6. The molecule has 24 heteroatoms. The van der Waals surface area contributed by atoms with Crippen molar-refractivity contribution >= 4 is 35.8 Å². The van der Waals surface area contributed by atoms with Gasteiger partial charge in [-0.15, -0.1) is 0 Å². The molecule has 2 aliphatic rings. The minimum absolute atomic E-state index is 0.0139. The molecule has 6 unspecified atom stereocenters. The molecule has 0 heterocycles. The average Bonchev–Trinajstić information content (AvgIpc) is 0.781. The summed E-state index contributed by atoms with van der Waals surface area (Å²) < 4.78 is 64.5. The zero-order valence-corrected chi connectivity index (χ0v) is 71.2. The van der Waals surface area contributed by atoms with Crippen molar-refractivity contribution in [1.29, 1.82) is 0 Å². The van der Waals surface area contributed by atoms with Gasteiger partial charge < -0.3 is 87.5 Å². The molecule has 0 bridgehead atoms. The van der Waals surface area contributed by atoms with Gasteiger partial charge in [-0.1, -0.05) is 154 Å². The quantitative estimate of drug-likeness (QED) is 0.0118. The molecule has 2 aliphatic carbocycles. The number of benzene rings is 6. The van der Waals surface area contributed by atoms with Gasteiger partial charge >= 0.3 is 35.8 Å². The van der Waals surface area contributed by atoms with Crippen molar-refractivity contribution in [1.82, 2.24) is 0 Å². The molecule has 6 atom stereocenters. The average molecular weight is 1660 g/mol. The Morgan fingerprint density at radius 3 is 0.833 bits per heavy atom. The number of hydrogen-bond donors (Lipinski definition) is 6. The van der Waals surface area contributed by atoms with Crippen molar-refractivity contribution in [2.45, 2.75) is 193 Å². The molecule has 0 amide bonds. The Morgan fingerprint density at radius 1 is 0.325 bits per heavy atom. The van der Waals surface area contributed by atoms with Crippen LogP contribution in [0.1, 0.15) is 171 Å². The van der Waals surface area contributed by atoms with Crippen molar-refractivity contribution in [3.63, 3.8) is 0 Å². The Bertz CT molecular complexity index is 4130. The first-order chi connectivity index (χ1) is 57.2. The SMILES string of the molecule is C=CC(=O)OCC(O)COc1c(C)cc(-c2cc(C)c(OCC(O)COC(=O)C=C)c(C)c2C)c(C)c1C.C=CC(=O)OCC(O)COc1ccc(C(C)(C)c2ccc(OCC(O)COC(=O)C=C)c(C3CCCCC3)c2)cc1C1CCCCC1.C=CC(=O)OCC(O)COc1ccc(C(C)(C)c2ccc(OCC(O)COC(=O)C=C)cc2)cc1. The molecule has 120 heavy (non-hydrogen) atoms. The summed E-state index contributed by atoms with van der Waals surface area (Å²) in [5, 5.41) is 60.7. The van der Waals surface area contributed by atoms with E-state index in [9.17, 15) is 59.4 Å². The van der Waals surface area contributed by atoms with Crippen molar-refractivity contribution in [2.75, 3.05) is 79.3 Å². The van der Waals surface area contributed by atoms with E-state index in [2.05, 4.69) is 104 Å². The van der Waals surface area contributed by atoms with Crippen LogP contribution in [0.25, 0.3) is 11.1 Å². The largest absolute Gasteiger partial charge is 0.491 e. The second kappa shape index (κ2) is 49.0. The summed E-state index contributed by atoms with van der Waals surface area (Å²) in [7, 11) is 0. The topological polar surface area (TPSA) is 335 Å². The van der Waals surface area contributed by atoms with Gasteiger partial charge in [-0.3, -0.25) is 0 Å². The molecule has 2 saturated carbocycles. The molecule has 0 radical (unpaired) electrons. The minimum atomic E-state index is -0.967. The highest BCUT2D eigenvalue weighted by atomic mass is 16.6. The maximum Gasteiger partial charge on any atom is 0.330 e. The summed E-state index contributed by atoms with van der Waals surface area (Å²) in [5.41, 5.74) is 14.0. The molecule has 650 valence electrons. The molecular formula is C96H122O24. The van der Waals surface area contributed by atoms with Crippen LogP contribution in [0.3, 0.4) is 0 Å². The van der Waals surface area contributed by atoms with Crippen LogP contribution in [0.5, 0.6) is 34.5 Å². The third-order valence-electron chi connectivity index (χ3n) is 21.1. The van der Waals surface area contributed by atoms with Crippen LogP contribution in [0, 0.1) is 41.5 Å². The maximum absolute atomic E-state index is 11.4. The van der Waals surface area contributed by atoms with Crippen LogP contribution < -0.4 is 28.4 Å². The van der Waals surface area contributed by atoms with E-state index < -0.39 is 72.4 Å². The molecule has 2 fully saturated rings. The molecule has 0 saturated heterocycles. The lowest BCUT2D eigenvalue weighted by molar-refractivity contribution is -0.142. The zero-order valence-electron chi connectivity index (χ0n) is 71.2. The summed E-state index contributed by atoms with van der Waals surface area (Å²) in [6, 6.07) is 32.0. The third-order valence-corrected chi connectivity index (χ3v) is 21.1. The lowest BCUT2D eigenvalue weighted by Gasteiger charge is -2.32. The Balaban J connectivity index is 0.000000283. The Kier molecular flexibility index (Phi) is 40.0. The van der Waals surface area contributed by atoms with Gasteiger partial charge in [0, 0.05) is 47.3 Å². The lowest BCUT2D eigenvalue weighted by Crippen LogP contribution is -2.26. The van der Waals surface area contributed by atoms with Crippen molar-refractivity contribution in [3.05, 3.63) is 240 Å². The molecule has 0 aliphatic heterocycles. The monoisotopic (exact) mass is 1660 g/mol. The smallest absolute Gasteiger partial charge is 0.330 e. The van der Waals surface area contributed by atoms with Crippen LogP contribution >= 0.6 is 0 Å². The van der Waals surface area contributed by atoms with Crippen molar-refractivity contribution < 1.29 is 116 Å². The van der Waals surface area contributed by atoms with Gasteiger partial charge in [-0.05, 0) is 205 Å². The van der Waals surface area contributed by atoms with Gasteiger partial charge in [0.1, 0.15) is 150 Å². The fraction of sp³-hybridized carbons (Fsp3) is 0.438. The Hall–Kier alpha value is -10.9. The van der Waals surface area contributed by atoms with E-state index in [0.717, 1.165) is 140 Å². The number of rotatable bonds is 43. The van der Waals surface area contributed by atoms with Crippen molar-refractivity contribution in [2.24, 2.45) is 0 Å². The first-order valence-electron chi connectivity index (χ1n) is 40.5. The van der Waals surface area contributed by atoms with Gasteiger partial charge in [-0.2, -0.15) is 0 Å². The number of aliphatic hydroxyl groups excluding tert-OH is 6. The Labute approximate surface area is 706 Å². The molecule has 24 nitrogen and oxygen atoms in total. The minimum Gasteiger partial charge on any atom is -0.491 e. The highest BCUT2D eigenvalue weighted by Crippen LogP contribution is 2.46. The number of carbonyl (C=O) groups is 6. The molecule has 8 rings (SSSR count). The number of hydrogen-bond acceptors (Lipinski definition) is 24. The summed E-state index contributed by atoms with van der Waals surface area (Å²) >= 11 is 0. The fourth-order valence-corrected chi connectivity index (χ4v) is 13.8. The molecule has 6 aromatic carbocycles. The molecule has 0 aromatic heterocycles. The first kappa shape index (κ1) is 98.0. The van der Waals surface area contributed by atoms with E-state index in [1.54, 1.807) is 0 Å². The summed E-state index contributed by atoms with van der Waals surface area (Å²) in [5.74, 6) is 1.24. The van der Waals surface area contributed by atoms with Gasteiger partial charge in [0.2, 0.25) is 0 Å². The Morgan fingerprint density at radius 2 is 0.567 bits per heavy atom. The third kappa shape index (κ3) is 30.4. The molecule has 0 spiro atoms. The van der Waals surface area contributed by atoms with Crippen LogP contribution in [-0.2, 0) is 68.0 Å². The predicted octanol–water partition coefficient (Wildman–Crippen LogP) is 14.1. The van der Waals surface area contributed by atoms with Crippen LogP contribution in [-0.4, -0.2) is 182 Å².